The number of halogens is 1. The summed E-state index contributed by atoms with van der Waals surface area (Å²) < 4.78 is 16.4. The van der Waals surface area contributed by atoms with Crippen molar-refractivity contribution in [3.63, 3.8) is 0 Å². The summed E-state index contributed by atoms with van der Waals surface area (Å²) in [5, 5.41) is 3.39. The first kappa shape index (κ1) is 21.3. The Morgan fingerprint density at radius 1 is 0.920 bits per heavy atom. The molecule has 0 aliphatic heterocycles. The lowest BCUT2D eigenvalue weighted by atomic mass is 10.1. The molecule has 0 aliphatic carbocycles. The van der Waals surface area contributed by atoms with Crippen LogP contribution < -0.4 is 14.8 Å². The Bertz CT molecular complexity index is 617. The first-order chi connectivity index (χ1) is 11.7. The maximum Gasteiger partial charge on any atom is 0.161 e. The Morgan fingerprint density at radius 3 is 2.32 bits per heavy atom. The van der Waals surface area contributed by atoms with Crippen molar-refractivity contribution in [2.24, 2.45) is 0 Å². The number of nitrogens with one attached hydrogen (secondary N) is 1. The molecule has 5 heteroatoms. The highest BCUT2D eigenvalue weighted by Crippen LogP contribution is 2.28. The van der Waals surface area contributed by atoms with Crippen molar-refractivity contribution >= 4 is 12.4 Å². The molecule has 0 heterocycles. The molecule has 25 heavy (non-hydrogen) atoms. The lowest BCUT2D eigenvalue weighted by Crippen LogP contribution is -2.16. The number of hydrogen-bond acceptors (Lipinski definition) is 4. The lowest BCUT2D eigenvalue weighted by molar-refractivity contribution is 0.194. The first-order valence-corrected chi connectivity index (χ1v) is 8.28. The van der Waals surface area contributed by atoms with Gasteiger partial charge >= 0.3 is 0 Å². The van der Waals surface area contributed by atoms with Crippen LogP contribution >= 0.6 is 12.4 Å². The van der Waals surface area contributed by atoms with Crippen LogP contribution in [0.15, 0.2) is 42.5 Å². The van der Waals surface area contributed by atoms with Crippen LogP contribution in [0.1, 0.15) is 23.1 Å². The zero-order valence-electron chi connectivity index (χ0n) is 15.2. The molecule has 1 N–H and O–H groups in total. The molecule has 0 fully saturated rings. The molecule has 0 bridgehead atoms. The van der Waals surface area contributed by atoms with Crippen LogP contribution in [0.5, 0.6) is 11.5 Å². The maximum atomic E-state index is 5.90. The topological polar surface area (TPSA) is 39.7 Å². The molecule has 0 saturated heterocycles. The van der Waals surface area contributed by atoms with E-state index < -0.39 is 0 Å². The summed E-state index contributed by atoms with van der Waals surface area (Å²) in [5.74, 6) is 1.53. The highest BCUT2D eigenvalue weighted by molar-refractivity contribution is 5.85. The predicted molar refractivity (Wildman–Crippen MR) is 104 cm³/mol. The normalized spacial score (nSPS) is 10.2. The number of methoxy groups -OCH3 is 2. The maximum absolute atomic E-state index is 5.90. The summed E-state index contributed by atoms with van der Waals surface area (Å²) in [7, 11) is 3.39. The monoisotopic (exact) mass is 365 g/mol. The molecule has 138 valence electrons. The second kappa shape index (κ2) is 11.7. The minimum atomic E-state index is 0. The van der Waals surface area contributed by atoms with Gasteiger partial charge in [0.15, 0.2) is 11.5 Å². The average Bonchev–Trinajstić information content (AvgIpc) is 2.61. The molecule has 0 amide bonds. The molecule has 0 aliphatic rings. The number of rotatable bonds is 10. The molecule has 0 saturated carbocycles. The van der Waals surface area contributed by atoms with E-state index in [1.807, 2.05) is 12.1 Å². The minimum absolute atomic E-state index is 0. The van der Waals surface area contributed by atoms with E-state index in [9.17, 15) is 0 Å². The summed E-state index contributed by atoms with van der Waals surface area (Å²) in [5.41, 5.74) is 3.57. The summed E-state index contributed by atoms with van der Waals surface area (Å²) >= 11 is 0. The second-order valence-corrected chi connectivity index (χ2v) is 5.78. The second-order valence-electron chi connectivity index (χ2n) is 5.78. The van der Waals surface area contributed by atoms with Gasteiger partial charge in [-0.05, 0) is 43.1 Å². The third-order valence-electron chi connectivity index (χ3n) is 3.77. The van der Waals surface area contributed by atoms with Crippen molar-refractivity contribution in [3.05, 3.63) is 59.2 Å². The van der Waals surface area contributed by atoms with E-state index in [0.717, 1.165) is 43.2 Å². The van der Waals surface area contributed by atoms with E-state index in [1.54, 1.807) is 14.2 Å². The summed E-state index contributed by atoms with van der Waals surface area (Å²) in [6, 6.07) is 14.4. The standard InChI is InChI=1S/C20H27NO3.ClH/c1-16-5-7-17(8-6-16)15-24-19-10-9-18(13-20(19)23-3)14-21-11-4-12-22-2;/h5-10,13,21H,4,11-12,14-15H2,1-3H3;1H. The van der Waals surface area contributed by atoms with E-state index >= 15 is 0 Å². The van der Waals surface area contributed by atoms with E-state index in [-0.39, 0.29) is 12.4 Å². The molecule has 0 atom stereocenters. The van der Waals surface area contributed by atoms with E-state index in [0.29, 0.717) is 6.61 Å². The van der Waals surface area contributed by atoms with Gasteiger partial charge in [0.2, 0.25) is 0 Å². The molecule has 4 nitrogen and oxygen atoms in total. The summed E-state index contributed by atoms with van der Waals surface area (Å²) in [6.45, 7) is 5.13. The smallest absolute Gasteiger partial charge is 0.161 e. The molecular weight excluding hydrogens is 338 g/mol. The van der Waals surface area contributed by atoms with E-state index in [4.69, 9.17) is 14.2 Å². The summed E-state index contributed by atoms with van der Waals surface area (Å²) in [6.07, 6.45) is 1.01. The molecule has 0 aromatic heterocycles. The molecular formula is C20H28ClNO3. The van der Waals surface area contributed by atoms with Gasteiger partial charge < -0.3 is 19.5 Å². The predicted octanol–water partition coefficient (Wildman–Crippen LogP) is 4.13. The van der Waals surface area contributed by atoms with Crippen molar-refractivity contribution in [3.8, 4) is 11.5 Å². The molecule has 0 unspecified atom stereocenters. The van der Waals surface area contributed by atoms with Crippen LogP contribution in [0.2, 0.25) is 0 Å². The van der Waals surface area contributed by atoms with Crippen LogP contribution in [0, 0.1) is 6.92 Å². The third-order valence-corrected chi connectivity index (χ3v) is 3.77. The van der Waals surface area contributed by atoms with Gasteiger partial charge in [-0.1, -0.05) is 35.9 Å². The first-order valence-electron chi connectivity index (χ1n) is 8.28. The van der Waals surface area contributed by atoms with Crippen LogP contribution in [0.3, 0.4) is 0 Å². The Morgan fingerprint density at radius 2 is 1.64 bits per heavy atom. The third kappa shape index (κ3) is 7.34. The van der Waals surface area contributed by atoms with E-state index in [2.05, 4.69) is 42.6 Å². The van der Waals surface area contributed by atoms with Gasteiger partial charge in [-0.25, -0.2) is 0 Å². The molecule has 0 spiro atoms. The van der Waals surface area contributed by atoms with Crippen LogP contribution in [0.4, 0.5) is 0 Å². The highest BCUT2D eigenvalue weighted by atomic mass is 35.5. The summed E-state index contributed by atoms with van der Waals surface area (Å²) in [4.78, 5) is 0. The fraction of sp³-hybridized carbons (Fsp3) is 0.400. The van der Waals surface area contributed by atoms with Crippen molar-refractivity contribution < 1.29 is 14.2 Å². The Balaban J connectivity index is 0.00000312. The van der Waals surface area contributed by atoms with Crippen molar-refractivity contribution in [2.45, 2.75) is 26.5 Å². The van der Waals surface area contributed by atoms with Crippen LogP contribution in [0.25, 0.3) is 0 Å². The van der Waals surface area contributed by atoms with Crippen molar-refractivity contribution in [1.82, 2.24) is 5.32 Å². The van der Waals surface area contributed by atoms with Gasteiger partial charge in [-0.3, -0.25) is 0 Å². The van der Waals surface area contributed by atoms with Gasteiger partial charge in [-0.2, -0.15) is 0 Å². The fourth-order valence-electron chi connectivity index (χ4n) is 2.36. The lowest BCUT2D eigenvalue weighted by Gasteiger charge is -2.13. The number of aryl methyl sites for hydroxylation is 1. The quantitative estimate of drug-likeness (QED) is 0.642. The SMILES string of the molecule is COCCCNCc1ccc(OCc2ccc(C)cc2)c(OC)c1.Cl. The Kier molecular flexibility index (Phi) is 10.0. The largest absolute Gasteiger partial charge is 0.493 e. The van der Waals surface area contributed by atoms with Gasteiger partial charge in [0.25, 0.3) is 0 Å². The minimum Gasteiger partial charge on any atom is -0.493 e. The van der Waals surface area contributed by atoms with Crippen LogP contribution in [-0.2, 0) is 17.9 Å². The zero-order valence-corrected chi connectivity index (χ0v) is 16.0. The fourth-order valence-corrected chi connectivity index (χ4v) is 2.36. The molecule has 0 radical (unpaired) electrons. The van der Waals surface area contributed by atoms with Gasteiger partial charge in [0.05, 0.1) is 7.11 Å². The van der Waals surface area contributed by atoms with Gasteiger partial charge in [0, 0.05) is 20.3 Å². The molecule has 2 rings (SSSR count). The molecule has 2 aromatic rings. The van der Waals surface area contributed by atoms with Crippen molar-refractivity contribution in [1.29, 1.82) is 0 Å². The highest BCUT2D eigenvalue weighted by Gasteiger charge is 2.06. The number of hydrogen-bond donors (Lipinski definition) is 1. The zero-order chi connectivity index (χ0) is 17.2. The number of benzene rings is 2. The van der Waals surface area contributed by atoms with Crippen LogP contribution in [-0.4, -0.2) is 27.4 Å². The van der Waals surface area contributed by atoms with Gasteiger partial charge in [0.1, 0.15) is 6.61 Å². The molecule has 2 aromatic carbocycles. The van der Waals surface area contributed by atoms with E-state index in [1.165, 1.54) is 11.1 Å². The average molecular weight is 366 g/mol. The Hall–Kier alpha value is -1.75. The van der Waals surface area contributed by atoms with Gasteiger partial charge in [-0.15, -0.1) is 12.4 Å². The van der Waals surface area contributed by atoms with Crippen molar-refractivity contribution in [2.75, 3.05) is 27.4 Å². The Labute approximate surface area is 156 Å². The number of ether oxygens (including phenoxy) is 3.